The lowest BCUT2D eigenvalue weighted by Crippen LogP contribution is -2.08. The van der Waals surface area contributed by atoms with Crippen LogP contribution in [0.2, 0.25) is 0 Å². The molecule has 0 aliphatic carbocycles. The van der Waals surface area contributed by atoms with E-state index in [-0.39, 0.29) is 11.3 Å². The Morgan fingerprint density at radius 3 is 1.80 bits per heavy atom. The second-order valence-corrected chi connectivity index (χ2v) is 2.45. The lowest BCUT2D eigenvalue weighted by Gasteiger charge is -1.97. The zero-order valence-electron chi connectivity index (χ0n) is 4.81. The minimum Gasteiger partial charge on any atom is -0.398 e. The van der Waals surface area contributed by atoms with Gasteiger partial charge in [-0.05, 0) is 0 Å². The third-order valence-electron chi connectivity index (χ3n) is 0.747. The van der Waals surface area contributed by atoms with E-state index >= 15 is 0 Å². The molecule has 0 heterocycles. The predicted molar refractivity (Wildman–Crippen MR) is 37.9 cm³/mol. The summed E-state index contributed by atoms with van der Waals surface area (Å²) in [5.41, 5.74) is 4.81. The molecule has 0 rings (SSSR count). The molecule has 0 aliphatic rings. The summed E-state index contributed by atoms with van der Waals surface area (Å²) >= 11 is 10.5. The highest BCUT2D eigenvalue weighted by atomic mass is 35.5. The van der Waals surface area contributed by atoms with Crippen molar-refractivity contribution in [1.82, 2.24) is 0 Å². The van der Waals surface area contributed by atoms with Crippen molar-refractivity contribution in [2.24, 2.45) is 5.73 Å². The molecule has 0 atom stereocenters. The maximum absolute atomic E-state index is 8.22. The number of hydrogen-bond donors (Lipinski definition) is 1. The van der Waals surface area contributed by atoms with Gasteiger partial charge in [0, 0.05) is 0 Å². The molecule has 2 N–H and O–H groups in total. The van der Waals surface area contributed by atoms with Gasteiger partial charge in [-0.1, -0.05) is 23.2 Å². The molecule has 0 radical (unpaired) electrons. The number of allylic oxidation sites excluding steroid dienone is 2. The molecule has 0 saturated carbocycles. The number of nitrogens with two attached hydrogens (primary N) is 1. The average molecular weight is 176 g/mol. The van der Waals surface area contributed by atoms with Gasteiger partial charge in [-0.25, -0.2) is 0 Å². The maximum Gasteiger partial charge on any atom is 0.151 e. The Kier molecular flexibility index (Phi) is 3.64. The van der Waals surface area contributed by atoms with Crippen molar-refractivity contribution in [3.8, 4) is 12.1 Å². The number of alkyl halides is 2. The first-order valence-electron chi connectivity index (χ1n) is 2.21. The van der Waals surface area contributed by atoms with Crippen molar-refractivity contribution < 1.29 is 0 Å². The van der Waals surface area contributed by atoms with E-state index in [1.165, 1.54) is 0 Å². The van der Waals surface area contributed by atoms with Crippen LogP contribution in [0.15, 0.2) is 11.3 Å². The third-order valence-corrected chi connectivity index (χ3v) is 1.22. The summed E-state index contributed by atoms with van der Waals surface area (Å²) in [5, 5.41) is 16.4. The SMILES string of the molecule is N#CC(C#N)=C(N)C(Cl)Cl. The Morgan fingerprint density at radius 2 is 1.70 bits per heavy atom. The van der Waals surface area contributed by atoms with Crippen molar-refractivity contribution in [3.63, 3.8) is 0 Å². The molecule has 3 nitrogen and oxygen atoms in total. The van der Waals surface area contributed by atoms with Crippen molar-refractivity contribution in [2.75, 3.05) is 0 Å². The zero-order valence-corrected chi connectivity index (χ0v) is 6.32. The van der Waals surface area contributed by atoms with Crippen LogP contribution in [-0.4, -0.2) is 4.84 Å². The van der Waals surface area contributed by atoms with Crippen LogP contribution in [-0.2, 0) is 0 Å². The molecule has 0 bridgehead atoms. The maximum atomic E-state index is 8.22. The molecule has 0 fully saturated rings. The highest BCUT2D eigenvalue weighted by Gasteiger charge is 2.08. The Balaban J connectivity index is 4.70. The second-order valence-electron chi connectivity index (χ2n) is 1.35. The summed E-state index contributed by atoms with van der Waals surface area (Å²) in [4.78, 5) is -0.991. The normalized spacial score (nSPS) is 8.10. The van der Waals surface area contributed by atoms with Crippen molar-refractivity contribution in [3.05, 3.63) is 11.3 Å². The molecule has 0 aromatic rings. The van der Waals surface area contributed by atoms with Crippen LogP contribution in [0.3, 0.4) is 0 Å². The van der Waals surface area contributed by atoms with Gasteiger partial charge in [-0.15, -0.1) is 0 Å². The first kappa shape index (κ1) is 9.10. The minimum absolute atomic E-state index is 0.103. The Labute approximate surface area is 68.2 Å². The molecule has 0 spiro atoms. The van der Waals surface area contributed by atoms with Gasteiger partial charge in [0.05, 0.1) is 5.70 Å². The quantitative estimate of drug-likeness (QED) is 0.479. The van der Waals surface area contributed by atoms with Crippen LogP contribution in [0.4, 0.5) is 0 Å². The van der Waals surface area contributed by atoms with E-state index < -0.39 is 4.84 Å². The molecule has 0 saturated heterocycles. The summed E-state index contributed by atoms with van der Waals surface area (Å²) in [6, 6.07) is 3.11. The van der Waals surface area contributed by atoms with E-state index in [4.69, 9.17) is 39.5 Å². The minimum atomic E-state index is -0.991. The Morgan fingerprint density at radius 1 is 1.30 bits per heavy atom. The second kappa shape index (κ2) is 4.00. The highest BCUT2D eigenvalue weighted by Crippen LogP contribution is 2.12. The van der Waals surface area contributed by atoms with Crippen LogP contribution < -0.4 is 5.73 Å². The van der Waals surface area contributed by atoms with Crippen LogP contribution in [0.25, 0.3) is 0 Å². The summed E-state index contributed by atoms with van der Waals surface area (Å²) in [6.45, 7) is 0. The lowest BCUT2D eigenvalue weighted by atomic mass is 10.3. The summed E-state index contributed by atoms with van der Waals surface area (Å²) in [6.07, 6.45) is 0. The monoisotopic (exact) mass is 175 g/mol. The standard InChI is InChI=1S/C5H3Cl2N3/c6-5(7)4(10)3(1-8)2-9/h5H,10H2. The molecule has 0 amide bonds. The van der Waals surface area contributed by atoms with Gasteiger partial charge in [0.1, 0.15) is 17.0 Å². The summed E-state index contributed by atoms with van der Waals surface area (Å²) < 4.78 is 0. The number of rotatable bonds is 1. The summed E-state index contributed by atoms with van der Waals surface area (Å²) in [7, 11) is 0. The number of nitriles is 2. The smallest absolute Gasteiger partial charge is 0.151 e. The molecule has 52 valence electrons. The van der Waals surface area contributed by atoms with E-state index in [1.54, 1.807) is 12.1 Å². The Bertz CT molecular complexity index is 214. The van der Waals surface area contributed by atoms with Gasteiger partial charge in [0.2, 0.25) is 0 Å². The Hall–Kier alpha value is -0.900. The first-order valence-corrected chi connectivity index (χ1v) is 3.08. The molecule has 0 aromatic carbocycles. The number of nitrogens with zero attached hydrogens (tertiary/aromatic N) is 2. The van der Waals surface area contributed by atoms with Gasteiger partial charge >= 0.3 is 0 Å². The molecule has 5 heteroatoms. The van der Waals surface area contributed by atoms with E-state index in [0.29, 0.717) is 0 Å². The molecule has 0 aromatic heterocycles. The van der Waals surface area contributed by atoms with E-state index in [0.717, 1.165) is 0 Å². The van der Waals surface area contributed by atoms with Crippen LogP contribution in [0.1, 0.15) is 0 Å². The fraction of sp³-hybridized carbons (Fsp3) is 0.200. The fourth-order valence-corrected chi connectivity index (χ4v) is 0.481. The van der Waals surface area contributed by atoms with Crippen molar-refractivity contribution in [1.29, 1.82) is 10.5 Å². The third kappa shape index (κ3) is 2.14. The molecular weight excluding hydrogens is 173 g/mol. The molecule has 0 aliphatic heterocycles. The van der Waals surface area contributed by atoms with Crippen LogP contribution >= 0.6 is 23.2 Å². The van der Waals surface area contributed by atoms with Gasteiger partial charge in [-0.2, -0.15) is 10.5 Å². The average Bonchev–Trinajstić information content (AvgIpc) is 1.90. The number of halogens is 2. The van der Waals surface area contributed by atoms with E-state index in [1.807, 2.05) is 0 Å². The molecule has 0 unspecified atom stereocenters. The largest absolute Gasteiger partial charge is 0.398 e. The van der Waals surface area contributed by atoms with Gasteiger partial charge in [0.25, 0.3) is 0 Å². The molecular formula is C5H3Cl2N3. The van der Waals surface area contributed by atoms with E-state index in [9.17, 15) is 0 Å². The predicted octanol–water partition coefficient (Wildman–Crippen LogP) is 1.05. The van der Waals surface area contributed by atoms with Crippen molar-refractivity contribution >= 4 is 23.2 Å². The first-order chi connectivity index (χ1) is 4.63. The van der Waals surface area contributed by atoms with Crippen LogP contribution in [0, 0.1) is 22.7 Å². The fourth-order valence-electron chi connectivity index (χ4n) is 0.263. The van der Waals surface area contributed by atoms with Gasteiger partial charge < -0.3 is 5.73 Å². The van der Waals surface area contributed by atoms with Gasteiger partial charge in [-0.3, -0.25) is 0 Å². The topological polar surface area (TPSA) is 73.6 Å². The zero-order chi connectivity index (χ0) is 8.15. The van der Waals surface area contributed by atoms with Crippen molar-refractivity contribution in [2.45, 2.75) is 4.84 Å². The molecule has 10 heavy (non-hydrogen) atoms. The van der Waals surface area contributed by atoms with Gasteiger partial charge in [0.15, 0.2) is 5.57 Å². The van der Waals surface area contributed by atoms with E-state index in [2.05, 4.69) is 0 Å². The summed E-state index contributed by atoms with van der Waals surface area (Å²) in [5.74, 6) is 0. The number of hydrogen-bond acceptors (Lipinski definition) is 3. The lowest BCUT2D eigenvalue weighted by molar-refractivity contribution is 1.23. The van der Waals surface area contributed by atoms with Crippen LogP contribution in [0.5, 0.6) is 0 Å². The highest BCUT2D eigenvalue weighted by molar-refractivity contribution is 6.46.